The van der Waals surface area contributed by atoms with Crippen molar-refractivity contribution in [2.24, 2.45) is 0 Å². The van der Waals surface area contributed by atoms with E-state index in [1.165, 1.54) is 0 Å². The molecule has 5 nitrogen and oxygen atoms in total. The molecule has 1 heterocycles. The van der Waals surface area contributed by atoms with Crippen LogP contribution < -0.4 is 4.74 Å². The third kappa shape index (κ3) is 3.36. The van der Waals surface area contributed by atoms with Crippen molar-refractivity contribution in [3.63, 3.8) is 0 Å². The fourth-order valence-electron chi connectivity index (χ4n) is 2.07. The Kier molecular flexibility index (Phi) is 4.74. The van der Waals surface area contributed by atoms with Gasteiger partial charge < -0.3 is 9.84 Å². The van der Waals surface area contributed by atoms with Crippen LogP contribution in [0.1, 0.15) is 43.3 Å². The lowest BCUT2D eigenvalue weighted by Gasteiger charge is -2.14. The van der Waals surface area contributed by atoms with Gasteiger partial charge in [-0.3, -0.25) is 0 Å². The van der Waals surface area contributed by atoms with Crippen LogP contribution in [0.25, 0.3) is 0 Å². The maximum Gasteiger partial charge on any atom is 0.164 e. The second-order valence-corrected chi connectivity index (χ2v) is 4.91. The summed E-state index contributed by atoms with van der Waals surface area (Å²) >= 11 is 0. The van der Waals surface area contributed by atoms with E-state index < -0.39 is 6.10 Å². The van der Waals surface area contributed by atoms with Gasteiger partial charge in [0.1, 0.15) is 18.7 Å². The lowest BCUT2D eigenvalue weighted by atomic mass is 10.1. The number of benzene rings is 1. The van der Waals surface area contributed by atoms with E-state index in [2.05, 4.69) is 17.0 Å². The number of aryl methyl sites for hydroxylation is 2. The monoisotopic (exact) mass is 275 g/mol. The summed E-state index contributed by atoms with van der Waals surface area (Å²) in [5.41, 5.74) is 1.90. The molecule has 1 aromatic carbocycles. The third-order valence-electron chi connectivity index (χ3n) is 3.10. The smallest absolute Gasteiger partial charge is 0.164 e. The molecule has 5 heteroatoms. The van der Waals surface area contributed by atoms with Gasteiger partial charge in [-0.05, 0) is 32.4 Å². The molecule has 2 aromatic rings. The Morgan fingerprint density at radius 2 is 2.20 bits per heavy atom. The molecule has 2 rings (SSSR count). The van der Waals surface area contributed by atoms with E-state index in [9.17, 15) is 5.11 Å². The zero-order valence-electron chi connectivity index (χ0n) is 12.2. The number of aliphatic hydroxyl groups is 1. The minimum atomic E-state index is -0.557. The highest BCUT2D eigenvalue weighted by molar-refractivity contribution is 5.38. The van der Waals surface area contributed by atoms with E-state index in [1.807, 2.05) is 29.8 Å². The van der Waals surface area contributed by atoms with Crippen LogP contribution in [0.5, 0.6) is 5.75 Å². The first-order valence-electron chi connectivity index (χ1n) is 6.90. The molecule has 0 aliphatic carbocycles. The van der Waals surface area contributed by atoms with E-state index in [0.29, 0.717) is 12.4 Å². The first-order valence-corrected chi connectivity index (χ1v) is 6.90. The van der Waals surface area contributed by atoms with Gasteiger partial charge >= 0.3 is 0 Å². The van der Waals surface area contributed by atoms with Gasteiger partial charge in [-0.1, -0.05) is 18.6 Å². The normalized spacial score (nSPS) is 12.4. The Labute approximate surface area is 119 Å². The number of aromatic nitrogens is 3. The van der Waals surface area contributed by atoms with Crippen molar-refractivity contribution in [1.82, 2.24) is 14.8 Å². The van der Waals surface area contributed by atoms with E-state index in [1.54, 1.807) is 13.3 Å². The van der Waals surface area contributed by atoms with Crippen LogP contribution in [0, 0.1) is 6.92 Å². The number of nitrogens with zero attached hydrogens (tertiary/aromatic N) is 3. The van der Waals surface area contributed by atoms with Crippen molar-refractivity contribution in [3.05, 3.63) is 41.5 Å². The maximum atomic E-state index is 9.81. The Balaban J connectivity index is 2.12. The Bertz CT molecular complexity index is 564. The van der Waals surface area contributed by atoms with Crippen LogP contribution >= 0.6 is 0 Å². The summed E-state index contributed by atoms with van der Waals surface area (Å²) in [5.74, 6) is 1.49. The Hall–Kier alpha value is -1.88. The summed E-state index contributed by atoms with van der Waals surface area (Å²) in [6, 6.07) is 5.80. The summed E-state index contributed by atoms with van der Waals surface area (Å²) in [5, 5.41) is 14.0. The van der Waals surface area contributed by atoms with Gasteiger partial charge in [-0.2, -0.15) is 5.10 Å². The van der Waals surface area contributed by atoms with Crippen molar-refractivity contribution in [2.45, 2.75) is 46.4 Å². The van der Waals surface area contributed by atoms with Crippen molar-refractivity contribution in [2.75, 3.05) is 0 Å². The molecule has 20 heavy (non-hydrogen) atoms. The minimum absolute atomic E-state index is 0.350. The van der Waals surface area contributed by atoms with Gasteiger partial charge in [0.25, 0.3) is 0 Å². The predicted octanol–water partition coefficient (Wildman–Crippen LogP) is 2.63. The van der Waals surface area contributed by atoms with Crippen molar-refractivity contribution >= 4 is 0 Å². The summed E-state index contributed by atoms with van der Waals surface area (Å²) in [6.07, 6.45) is 1.98. The second-order valence-electron chi connectivity index (χ2n) is 4.91. The highest BCUT2D eigenvalue weighted by Gasteiger charge is 2.11. The average Bonchev–Trinajstić information content (AvgIpc) is 2.85. The van der Waals surface area contributed by atoms with E-state index in [4.69, 9.17) is 4.74 Å². The number of aliphatic hydroxyl groups excluding tert-OH is 1. The van der Waals surface area contributed by atoms with Crippen LogP contribution in [-0.4, -0.2) is 19.9 Å². The van der Waals surface area contributed by atoms with Crippen molar-refractivity contribution in [3.8, 4) is 5.75 Å². The molecule has 0 radical (unpaired) electrons. The van der Waals surface area contributed by atoms with Gasteiger partial charge in [-0.25, -0.2) is 9.67 Å². The van der Waals surface area contributed by atoms with Gasteiger partial charge in [-0.15, -0.1) is 0 Å². The quantitative estimate of drug-likeness (QED) is 0.880. The molecule has 1 N–H and O–H groups in total. The molecule has 0 bridgehead atoms. The lowest BCUT2D eigenvalue weighted by Crippen LogP contribution is -2.09. The standard InChI is InChI=1S/C15H21N3O2/c1-4-7-18-15(16-10-17-18)9-20-14-6-5-11(2)8-13(14)12(3)19/h5-6,8,10,12,19H,4,7,9H2,1-3H3. The van der Waals surface area contributed by atoms with Crippen LogP contribution in [0.15, 0.2) is 24.5 Å². The van der Waals surface area contributed by atoms with Crippen LogP contribution in [-0.2, 0) is 13.2 Å². The molecular formula is C15H21N3O2. The number of hydrogen-bond donors (Lipinski definition) is 1. The van der Waals surface area contributed by atoms with Crippen LogP contribution in [0.2, 0.25) is 0 Å². The van der Waals surface area contributed by atoms with Gasteiger partial charge in [0, 0.05) is 12.1 Å². The van der Waals surface area contributed by atoms with Crippen LogP contribution in [0.3, 0.4) is 0 Å². The molecule has 0 saturated carbocycles. The van der Waals surface area contributed by atoms with Gasteiger partial charge in [0.2, 0.25) is 0 Å². The molecule has 1 aromatic heterocycles. The molecule has 0 aliphatic heterocycles. The SMILES string of the molecule is CCCn1ncnc1COc1ccc(C)cc1C(C)O. The first-order chi connectivity index (χ1) is 9.61. The molecule has 1 unspecified atom stereocenters. The van der Waals surface area contributed by atoms with Gasteiger partial charge in [0.15, 0.2) is 5.82 Å². The fourth-order valence-corrected chi connectivity index (χ4v) is 2.07. The molecule has 1 atom stereocenters. The number of rotatable bonds is 6. The third-order valence-corrected chi connectivity index (χ3v) is 3.10. The van der Waals surface area contributed by atoms with Crippen molar-refractivity contribution in [1.29, 1.82) is 0 Å². The summed E-state index contributed by atoms with van der Waals surface area (Å²) in [4.78, 5) is 4.21. The topological polar surface area (TPSA) is 60.2 Å². The van der Waals surface area contributed by atoms with Crippen molar-refractivity contribution < 1.29 is 9.84 Å². The second kappa shape index (κ2) is 6.52. The Morgan fingerprint density at radius 1 is 1.40 bits per heavy atom. The first kappa shape index (κ1) is 14.5. The fraction of sp³-hybridized carbons (Fsp3) is 0.467. The molecule has 108 valence electrons. The van der Waals surface area contributed by atoms with E-state index in [0.717, 1.165) is 29.9 Å². The molecule has 0 saturated heterocycles. The molecular weight excluding hydrogens is 254 g/mol. The summed E-state index contributed by atoms with van der Waals surface area (Å²) in [6.45, 7) is 7.01. The molecule has 0 aliphatic rings. The molecule has 0 fully saturated rings. The van der Waals surface area contributed by atoms with Crippen LogP contribution in [0.4, 0.5) is 0 Å². The highest BCUT2D eigenvalue weighted by atomic mass is 16.5. The zero-order valence-corrected chi connectivity index (χ0v) is 12.2. The average molecular weight is 275 g/mol. The minimum Gasteiger partial charge on any atom is -0.485 e. The number of ether oxygens (including phenoxy) is 1. The van der Waals surface area contributed by atoms with E-state index >= 15 is 0 Å². The zero-order chi connectivity index (χ0) is 14.5. The van der Waals surface area contributed by atoms with E-state index in [-0.39, 0.29) is 0 Å². The summed E-state index contributed by atoms with van der Waals surface area (Å²) in [7, 11) is 0. The Morgan fingerprint density at radius 3 is 2.90 bits per heavy atom. The lowest BCUT2D eigenvalue weighted by molar-refractivity contribution is 0.189. The highest BCUT2D eigenvalue weighted by Crippen LogP contribution is 2.26. The maximum absolute atomic E-state index is 9.81. The predicted molar refractivity (Wildman–Crippen MR) is 76.5 cm³/mol. The van der Waals surface area contributed by atoms with Gasteiger partial charge in [0.05, 0.1) is 6.10 Å². The largest absolute Gasteiger partial charge is 0.485 e. The molecule has 0 amide bonds. The molecule has 0 spiro atoms. The summed E-state index contributed by atoms with van der Waals surface area (Å²) < 4.78 is 7.64. The number of hydrogen-bond acceptors (Lipinski definition) is 4.